The molecular weight excluding hydrogens is 332 g/mol. The van der Waals surface area contributed by atoms with Gasteiger partial charge in [0, 0.05) is 12.0 Å². The Labute approximate surface area is 157 Å². The lowest BCUT2D eigenvalue weighted by Crippen LogP contribution is -2.40. The van der Waals surface area contributed by atoms with Crippen molar-refractivity contribution < 1.29 is 24.2 Å². The first-order valence-electron chi connectivity index (χ1n) is 10.2. The van der Waals surface area contributed by atoms with E-state index < -0.39 is 5.60 Å². The summed E-state index contributed by atoms with van der Waals surface area (Å²) in [4.78, 5) is 24.6. The van der Waals surface area contributed by atoms with Gasteiger partial charge in [-0.1, -0.05) is 52.0 Å². The molecule has 1 heterocycles. The van der Waals surface area contributed by atoms with Gasteiger partial charge in [-0.25, -0.2) is 4.79 Å². The highest BCUT2D eigenvalue weighted by atomic mass is 16.6. The van der Waals surface area contributed by atoms with Gasteiger partial charge in [0.2, 0.25) is 0 Å². The summed E-state index contributed by atoms with van der Waals surface area (Å²) in [7, 11) is 0. The molecule has 2 aliphatic rings. The highest BCUT2D eigenvalue weighted by Gasteiger charge is 2.45. The van der Waals surface area contributed by atoms with Gasteiger partial charge in [-0.15, -0.1) is 0 Å². The fourth-order valence-corrected chi connectivity index (χ4v) is 3.90. The van der Waals surface area contributed by atoms with Gasteiger partial charge in [-0.05, 0) is 31.6 Å². The molecule has 2 unspecified atom stereocenters. The van der Waals surface area contributed by atoms with Crippen molar-refractivity contribution >= 4 is 11.9 Å². The minimum atomic E-state index is -1.11. The number of carbonyl (C=O) groups excluding carboxylic acids is 2. The molecule has 0 aromatic rings. The molecule has 1 aliphatic heterocycles. The van der Waals surface area contributed by atoms with Gasteiger partial charge in [-0.3, -0.25) is 4.79 Å². The van der Waals surface area contributed by atoms with Crippen molar-refractivity contribution in [1.82, 2.24) is 0 Å². The van der Waals surface area contributed by atoms with Crippen molar-refractivity contribution in [2.24, 2.45) is 11.8 Å². The van der Waals surface area contributed by atoms with Gasteiger partial charge in [0.05, 0.1) is 12.5 Å². The molecule has 0 spiro atoms. The molecule has 1 saturated heterocycles. The molecule has 0 aromatic heterocycles. The minimum absolute atomic E-state index is 0.0707. The number of unbranched alkanes of at least 4 members (excludes halogenated alkanes) is 1. The molecule has 5 nitrogen and oxygen atoms in total. The Morgan fingerprint density at radius 2 is 2.08 bits per heavy atom. The van der Waals surface area contributed by atoms with E-state index in [1.807, 2.05) is 13.0 Å². The number of cyclic esters (lactones) is 1. The first kappa shape index (κ1) is 20.9. The monoisotopic (exact) mass is 366 g/mol. The number of carbonyl (C=O) groups is 2. The van der Waals surface area contributed by atoms with Gasteiger partial charge < -0.3 is 14.6 Å². The molecule has 1 aliphatic carbocycles. The summed E-state index contributed by atoms with van der Waals surface area (Å²) in [5.74, 6) is -0.338. The number of esters is 2. The number of hydrogen-bond acceptors (Lipinski definition) is 5. The Morgan fingerprint density at radius 1 is 1.35 bits per heavy atom. The van der Waals surface area contributed by atoms with Crippen LogP contribution in [0.1, 0.15) is 78.1 Å². The average Bonchev–Trinajstić information content (AvgIpc) is 2.97. The van der Waals surface area contributed by atoms with E-state index >= 15 is 0 Å². The van der Waals surface area contributed by atoms with E-state index in [9.17, 15) is 14.7 Å². The number of allylic oxidation sites excluding steroid dienone is 1. The molecule has 2 fully saturated rings. The molecule has 0 aromatic carbocycles. The summed E-state index contributed by atoms with van der Waals surface area (Å²) < 4.78 is 10.9. The maximum Gasteiger partial charge on any atom is 0.334 e. The van der Waals surface area contributed by atoms with Crippen LogP contribution < -0.4 is 0 Å². The first-order valence-corrected chi connectivity index (χ1v) is 10.2. The average molecular weight is 366 g/mol. The zero-order chi connectivity index (χ0) is 19.0. The third-order valence-corrected chi connectivity index (χ3v) is 5.67. The molecule has 0 radical (unpaired) electrons. The van der Waals surface area contributed by atoms with Crippen LogP contribution in [0.15, 0.2) is 11.6 Å². The van der Waals surface area contributed by atoms with Gasteiger partial charge in [0.1, 0.15) is 6.61 Å². The Bertz CT molecular complexity index is 507. The maximum atomic E-state index is 12.3. The third-order valence-electron chi connectivity index (χ3n) is 5.67. The first-order chi connectivity index (χ1) is 12.5. The van der Waals surface area contributed by atoms with Crippen LogP contribution in [0.4, 0.5) is 0 Å². The quantitative estimate of drug-likeness (QED) is 0.494. The summed E-state index contributed by atoms with van der Waals surface area (Å²) in [5, 5.41) is 9.81. The van der Waals surface area contributed by atoms with Gasteiger partial charge in [-0.2, -0.15) is 0 Å². The minimum Gasteiger partial charge on any atom is -0.461 e. The fraction of sp³-hybridized carbons (Fsp3) is 0.810. The molecule has 26 heavy (non-hydrogen) atoms. The van der Waals surface area contributed by atoms with Crippen LogP contribution in [0, 0.1) is 11.8 Å². The van der Waals surface area contributed by atoms with E-state index in [2.05, 4.69) is 6.92 Å². The Hall–Kier alpha value is -1.36. The molecule has 1 N–H and O–H groups in total. The van der Waals surface area contributed by atoms with E-state index in [0.717, 1.165) is 38.5 Å². The summed E-state index contributed by atoms with van der Waals surface area (Å²) in [6, 6.07) is 0. The Morgan fingerprint density at radius 3 is 2.69 bits per heavy atom. The second kappa shape index (κ2) is 10.1. The standard InChI is InChI=1S/C21H34O5/c1-3-5-11-17(4-2)19(23)25-15-21(14-22)13-18(20(24)26-21)12-16-9-7-6-8-10-16/h12,16-17,22H,3-11,13-15H2,1-2H3/b18-12-. The van der Waals surface area contributed by atoms with Crippen molar-refractivity contribution in [3.05, 3.63) is 11.6 Å². The number of ether oxygens (including phenoxy) is 2. The summed E-state index contributed by atoms with van der Waals surface area (Å²) in [6.07, 6.45) is 11.8. The highest BCUT2D eigenvalue weighted by Crippen LogP contribution is 2.34. The molecule has 0 amide bonds. The predicted octanol–water partition coefficient (Wildman–Crippen LogP) is 3.93. The molecule has 5 heteroatoms. The number of rotatable bonds is 9. The molecule has 0 bridgehead atoms. The van der Waals surface area contributed by atoms with E-state index in [4.69, 9.17) is 9.47 Å². The molecule has 2 atom stereocenters. The smallest absolute Gasteiger partial charge is 0.334 e. The summed E-state index contributed by atoms with van der Waals surface area (Å²) in [6.45, 7) is 3.67. The van der Waals surface area contributed by atoms with Crippen molar-refractivity contribution in [3.63, 3.8) is 0 Å². The second-order valence-corrected chi connectivity index (χ2v) is 7.85. The fourth-order valence-electron chi connectivity index (χ4n) is 3.90. The van der Waals surface area contributed by atoms with Gasteiger partial charge in [0.15, 0.2) is 5.60 Å². The highest BCUT2D eigenvalue weighted by molar-refractivity contribution is 5.91. The van der Waals surface area contributed by atoms with Crippen LogP contribution in [0.3, 0.4) is 0 Å². The van der Waals surface area contributed by atoms with Crippen molar-refractivity contribution in [3.8, 4) is 0 Å². The van der Waals surface area contributed by atoms with E-state index in [-0.39, 0.29) is 31.1 Å². The normalized spacial score (nSPS) is 26.7. The molecule has 2 rings (SSSR count). The van der Waals surface area contributed by atoms with E-state index in [1.54, 1.807) is 0 Å². The van der Waals surface area contributed by atoms with Crippen LogP contribution in [0.25, 0.3) is 0 Å². The second-order valence-electron chi connectivity index (χ2n) is 7.85. The van der Waals surface area contributed by atoms with Crippen molar-refractivity contribution in [1.29, 1.82) is 0 Å². The predicted molar refractivity (Wildman–Crippen MR) is 99.4 cm³/mol. The Kier molecular flexibility index (Phi) is 8.14. The SMILES string of the molecule is CCCCC(CC)C(=O)OCC1(CO)C/C(=C/C2CCCCC2)C(=O)O1. The van der Waals surface area contributed by atoms with Crippen molar-refractivity contribution in [2.75, 3.05) is 13.2 Å². The van der Waals surface area contributed by atoms with Crippen LogP contribution in [-0.4, -0.2) is 35.9 Å². The lowest BCUT2D eigenvalue weighted by molar-refractivity contribution is -0.169. The van der Waals surface area contributed by atoms with Crippen LogP contribution in [0.5, 0.6) is 0 Å². The lowest BCUT2D eigenvalue weighted by atomic mass is 9.86. The topological polar surface area (TPSA) is 72.8 Å². The third kappa shape index (κ3) is 5.57. The lowest BCUT2D eigenvalue weighted by Gasteiger charge is -2.25. The maximum absolute atomic E-state index is 12.3. The van der Waals surface area contributed by atoms with E-state index in [1.165, 1.54) is 19.3 Å². The molecule has 148 valence electrons. The number of aliphatic hydroxyl groups is 1. The summed E-state index contributed by atoms with van der Waals surface area (Å²) in [5.41, 5.74) is -0.490. The molecular formula is C21H34O5. The van der Waals surface area contributed by atoms with Crippen LogP contribution in [-0.2, 0) is 19.1 Å². The Balaban J connectivity index is 1.94. The van der Waals surface area contributed by atoms with Crippen molar-refractivity contribution in [2.45, 2.75) is 83.7 Å². The van der Waals surface area contributed by atoms with Crippen LogP contribution >= 0.6 is 0 Å². The van der Waals surface area contributed by atoms with E-state index in [0.29, 0.717) is 17.9 Å². The zero-order valence-electron chi connectivity index (χ0n) is 16.3. The number of hydrogen-bond donors (Lipinski definition) is 1. The van der Waals surface area contributed by atoms with Gasteiger partial charge in [0.25, 0.3) is 0 Å². The van der Waals surface area contributed by atoms with Gasteiger partial charge >= 0.3 is 11.9 Å². The zero-order valence-corrected chi connectivity index (χ0v) is 16.3. The summed E-state index contributed by atoms with van der Waals surface area (Å²) >= 11 is 0. The largest absolute Gasteiger partial charge is 0.461 e. The number of aliphatic hydroxyl groups excluding tert-OH is 1. The molecule has 1 saturated carbocycles. The van der Waals surface area contributed by atoms with Crippen LogP contribution in [0.2, 0.25) is 0 Å².